The first-order chi connectivity index (χ1) is 15.3. The quantitative estimate of drug-likeness (QED) is 0.348. The zero-order chi connectivity index (χ0) is 22.4. The van der Waals surface area contributed by atoms with Crippen LogP contribution in [0.2, 0.25) is 0 Å². The number of benzene rings is 3. The van der Waals surface area contributed by atoms with Gasteiger partial charge in [0.05, 0.1) is 16.8 Å². The average molecular weight is 424 g/mol. The molecule has 2 atom stereocenters. The van der Waals surface area contributed by atoms with Gasteiger partial charge in [0.25, 0.3) is 5.69 Å². The predicted molar refractivity (Wildman–Crippen MR) is 118 cm³/mol. The third-order valence-electron chi connectivity index (χ3n) is 7.96. The van der Waals surface area contributed by atoms with Crippen molar-refractivity contribution in [1.82, 2.24) is 0 Å². The minimum absolute atomic E-state index is 0.0432. The summed E-state index contributed by atoms with van der Waals surface area (Å²) < 4.78 is 0. The summed E-state index contributed by atoms with van der Waals surface area (Å²) in [5, 5.41) is 11.7. The van der Waals surface area contributed by atoms with E-state index < -0.39 is 27.6 Å². The van der Waals surface area contributed by atoms with Crippen LogP contribution in [0.25, 0.3) is 0 Å². The lowest BCUT2D eigenvalue weighted by Gasteiger charge is -2.57. The van der Waals surface area contributed by atoms with Crippen LogP contribution in [0.4, 0.5) is 11.4 Å². The van der Waals surface area contributed by atoms with Gasteiger partial charge in [-0.2, -0.15) is 0 Å². The standard InChI is InChI=1S/C26H20N2O4/c1-25-15-9-3-5-11-17(15)26(2,18-12-6-4-10-16(18)25)22-21(25)23(29)27(24(22)30)19-13-7-8-14-20(19)28(31)32/h3-14,21-22H,1-2H3/t21-,22+,25?,26?. The molecule has 1 fully saturated rings. The SMILES string of the molecule is CC12c3ccccc3C(C)(c3ccccc31)[C@H]1C(=O)N(c3ccccc3[N+](=O)[O-])C(=O)[C@H]12. The normalized spacial score (nSPS) is 29.5. The molecule has 3 aliphatic carbocycles. The van der Waals surface area contributed by atoms with Crippen LogP contribution in [0.15, 0.2) is 72.8 Å². The van der Waals surface area contributed by atoms with E-state index in [2.05, 4.69) is 0 Å². The van der Waals surface area contributed by atoms with Crippen LogP contribution >= 0.6 is 0 Å². The van der Waals surface area contributed by atoms with E-state index in [1.165, 1.54) is 18.2 Å². The van der Waals surface area contributed by atoms with Gasteiger partial charge in [0.2, 0.25) is 11.8 Å². The molecule has 6 heteroatoms. The van der Waals surface area contributed by atoms with E-state index >= 15 is 0 Å². The summed E-state index contributed by atoms with van der Waals surface area (Å²) in [5.41, 5.74) is 2.58. The third kappa shape index (κ3) is 1.92. The van der Waals surface area contributed by atoms with Gasteiger partial charge in [-0.1, -0.05) is 74.5 Å². The monoisotopic (exact) mass is 424 g/mol. The van der Waals surface area contributed by atoms with Gasteiger partial charge in [-0.15, -0.1) is 0 Å². The molecule has 1 saturated heterocycles. The molecule has 4 aliphatic rings. The summed E-state index contributed by atoms with van der Waals surface area (Å²) in [7, 11) is 0. The highest BCUT2D eigenvalue weighted by Gasteiger charge is 2.70. The van der Waals surface area contributed by atoms with Crippen LogP contribution in [0.1, 0.15) is 36.1 Å². The van der Waals surface area contributed by atoms with E-state index in [9.17, 15) is 19.7 Å². The van der Waals surface area contributed by atoms with Crippen molar-refractivity contribution >= 4 is 23.2 Å². The number of nitro groups is 1. The van der Waals surface area contributed by atoms with Crippen LogP contribution in [-0.4, -0.2) is 16.7 Å². The number of hydrogen-bond acceptors (Lipinski definition) is 4. The smallest absolute Gasteiger partial charge is 0.274 e. The maximum absolute atomic E-state index is 14.0. The number of nitro benzene ring substituents is 1. The number of carbonyl (C=O) groups is 2. The van der Waals surface area contributed by atoms with Crippen LogP contribution in [0, 0.1) is 22.0 Å². The fourth-order valence-corrected chi connectivity index (χ4v) is 6.62. The van der Waals surface area contributed by atoms with Gasteiger partial charge in [0, 0.05) is 16.9 Å². The molecule has 2 amide bonds. The molecular formula is C26H20N2O4. The third-order valence-corrected chi connectivity index (χ3v) is 7.96. The molecule has 0 spiro atoms. The largest absolute Gasteiger partial charge is 0.293 e. The summed E-state index contributed by atoms with van der Waals surface area (Å²) in [5.74, 6) is -2.01. The van der Waals surface area contributed by atoms with Crippen molar-refractivity contribution in [3.63, 3.8) is 0 Å². The first-order valence-corrected chi connectivity index (χ1v) is 10.6. The lowest BCUT2D eigenvalue weighted by Crippen LogP contribution is -2.59. The number of carbonyl (C=O) groups excluding carboxylic acids is 2. The van der Waals surface area contributed by atoms with Crippen LogP contribution in [0.5, 0.6) is 0 Å². The van der Waals surface area contributed by atoms with E-state index in [1.54, 1.807) is 6.07 Å². The van der Waals surface area contributed by atoms with Gasteiger partial charge >= 0.3 is 0 Å². The van der Waals surface area contributed by atoms with Crippen molar-refractivity contribution in [1.29, 1.82) is 0 Å². The first kappa shape index (κ1) is 18.9. The van der Waals surface area contributed by atoms with Crippen LogP contribution in [0.3, 0.4) is 0 Å². The number of hydrogen-bond donors (Lipinski definition) is 0. The van der Waals surface area contributed by atoms with Crippen molar-refractivity contribution < 1.29 is 14.5 Å². The van der Waals surface area contributed by atoms with Crippen molar-refractivity contribution in [3.8, 4) is 0 Å². The van der Waals surface area contributed by atoms with Gasteiger partial charge in [-0.25, -0.2) is 4.90 Å². The van der Waals surface area contributed by atoms with Crippen molar-refractivity contribution in [2.75, 3.05) is 4.90 Å². The fourth-order valence-electron chi connectivity index (χ4n) is 6.62. The summed E-state index contributed by atoms with van der Waals surface area (Å²) in [4.78, 5) is 40.1. The second-order valence-electron chi connectivity index (χ2n) is 9.21. The fraction of sp³-hybridized carbons (Fsp3) is 0.231. The van der Waals surface area contributed by atoms with Crippen molar-refractivity contribution in [3.05, 3.63) is 105 Å². The molecular weight excluding hydrogens is 404 g/mol. The molecule has 0 N–H and O–H groups in total. The van der Waals surface area contributed by atoms with E-state index in [1.807, 2.05) is 62.4 Å². The number of imide groups is 1. The first-order valence-electron chi connectivity index (χ1n) is 10.6. The highest BCUT2D eigenvalue weighted by molar-refractivity contribution is 6.25. The molecule has 32 heavy (non-hydrogen) atoms. The van der Waals surface area contributed by atoms with Gasteiger partial charge in [0.1, 0.15) is 5.69 Å². The van der Waals surface area contributed by atoms with Gasteiger partial charge in [-0.3, -0.25) is 19.7 Å². The Morgan fingerprint density at radius 3 is 1.50 bits per heavy atom. The molecule has 1 aliphatic heterocycles. The Morgan fingerprint density at radius 2 is 1.09 bits per heavy atom. The maximum Gasteiger partial charge on any atom is 0.293 e. The molecule has 7 rings (SSSR count). The molecule has 1 heterocycles. The number of para-hydroxylation sites is 2. The molecule has 0 saturated carbocycles. The summed E-state index contributed by atoms with van der Waals surface area (Å²) in [6.07, 6.45) is 0. The maximum atomic E-state index is 14.0. The minimum atomic E-state index is -0.708. The topological polar surface area (TPSA) is 80.5 Å². The second kappa shape index (κ2) is 5.91. The Morgan fingerprint density at radius 1 is 0.719 bits per heavy atom. The van der Waals surface area contributed by atoms with Crippen molar-refractivity contribution in [2.45, 2.75) is 24.7 Å². The Bertz CT molecular complexity index is 1240. The van der Waals surface area contributed by atoms with E-state index in [0.29, 0.717) is 0 Å². The molecule has 158 valence electrons. The second-order valence-corrected chi connectivity index (χ2v) is 9.21. The Kier molecular flexibility index (Phi) is 3.50. The highest BCUT2D eigenvalue weighted by Crippen LogP contribution is 2.66. The number of anilines is 1. The van der Waals surface area contributed by atoms with Crippen LogP contribution < -0.4 is 4.90 Å². The summed E-state index contributed by atoms with van der Waals surface area (Å²) in [6.45, 7) is 4.07. The molecule has 0 aromatic heterocycles. The van der Waals surface area contributed by atoms with E-state index in [0.717, 1.165) is 27.2 Å². The number of nitrogens with zero attached hydrogens (tertiary/aromatic N) is 2. The predicted octanol–water partition coefficient (Wildman–Crippen LogP) is 4.34. The molecule has 0 unspecified atom stereocenters. The lowest BCUT2D eigenvalue weighted by atomic mass is 9.42. The minimum Gasteiger partial charge on any atom is -0.274 e. The Balaban J connectivity index is 1.66. The zero-order valence-electron chi connectivity index (χ0n) is 17.6. The molecule has 2 bridgehead atoms. The molecule has 3 aromatic rings. The average Bonchev–Trinajstić information content (AvgIpc) is 3.08. The summed E-state index contributed by atoms with van der Waals surface area (Å²) >= 11 is 0. The van der Waals surface area contributed by atoms with Gasteiger partial charge in [-0.05, 0) is 28.3 Å². The highest BCUT2D eigenvalue weighted by atomic mass is 16.6. The Labute approximate surface area is 184 Å². The van der Waals surface area contributed by atoms with E-state index in [4.69, 9.17) is 0 Å². The van der Waals surface area contributed by atoms with Crippen molar-refractivity contribution in [2.24, 2.45) is 11.8 Å². The van der Waals surface area contributed by atoms with Gasteiger partial charge in [0.15, 0.2) is 0 Å². The zero-order valence-corrected chi connectivity index (χ0v) is 17.6. The Hall–Kier alpha value is -3.80. The molecule has 6 nitrogen and oxygen atoms in total. The number of amides is 2. The van der Waals surface area contributed by atoms with Crippen LogP contribution in [-0.2, 0) is 20.4 Å². The number of rotatable bonds is 2. The lowest BCUT2D eigenvalue weighted by molar-refractivity contribution is -0.384. The van der Waals surface area contributed by atoms with E-state index in [-0.39, 0.29) is 23.2 Å². The summed E-state index contributed by atoms with van der Waals surface area (Å²) in [6, 6.07) is 22.0. The molecule has 0 radical (unpaired) electrons. The molecule has 3 aromatic carbocycles. The van der Waals surface area contributed by atoms with Gasteiger partial charge < -0.3 is 0 Å².